The highest BCUT2D eigenvalue weighted by atomic mass is 16.5. The maximum absolute atomic E-state index is 11.9. The highest BCUT2D eigenvalue weighted by Crippen LogP contribution is 2.70. The molecular weight excluding hydrogens is 324 g/mol. The van der Waals surface area contributed by atoms with Gasteiger partial charge in [-0.3, -0.25) is 4.79 Å². The highest BCUT2D eigenvalue weighted by molar-refractivity contribution is 5.72. The van der Waals surface area contributed by atoms with Gasteiger partial charge in [-0.1, -0.05) is 33.8 Å². The van der Waals surface area contributed by atoms with Gasteiger partial charge in [0, 0.05) is 17.9 Å². The summed E-state index contributed by atoms with van der Waals surface area (Å²) in [6.45, 7) is 11.2. The van der Waals surface area contributed by atoms with Crippen LogP contribution in [0.25, 0.3) is 5.57 Å². The predicted molar refractivity (Wildman–Crippen MR) is 102 cm³/mol. The van der Waals surface area contributed by atoms with E-state index in [2.05, 4.69) is 39.8 Å². The number of hydrogen-bond acceptors (Lipinski definition) is 3. The van der Waals surface area contributed by atoms with Crippen molar-refractivity contribution in [1.29, 1.82) is 0 Å². The molecule has 1 aromatic heterocycles. The molecule has 0 aromatic carbocycles. The minimum Gasteiger partial charge on any atom is -0.472 e. The SMILES string of the molecule is CC(=O)O[C@H]1CCC(C)(C)C2CC[C@@]3(C)C(c4ccoc4)=CC[C@H]3[C@@]21C. The van der Waals surface area contributed by atoms with Crippen LogP contribution in [-0.4, -0.2) is 12.1 Å². The zero-order valence-electron chi connectivity index (χ0n) is 16.8. The summed E-state index contributed by atoms with van der Waals surface area (Å²) in [6.07, 6.45) is 11.7. The van der Waals surface area contributed by atoms with Crippen LogP contribution in [0.3, 0.4) is 0 Å². The van der Waals surface area contributed by atoms with Crippen LogP contribution in [0.1, 0.15) is 72.3 Å². The molecule has 0 N–H and O–H groups in total. The predicted octanol–water partition coefficient (Wildman–Crippen LogP) is 5.86. The molecule has 0 aliphatic heterocycles. The quantitative estimate of drug-likeness (QED) is 0.623. The number of hydrogen-bond donors (Lipinski definition) is 0. The Labute approximate surface area is 157 Å². The normalized spacial score (nSPS) is 41.1. The summed E-state index contributed by atoms with van der Waals surface area (Å²) in [4.78, 5) is 11.9. The van der Waals surface area contributed by atoms with Gasteiger partial charge in [-0.2, -0.15) is 0 Å². The van der Waals surface area contributed by atoms with Crippen molar-refractivity contribution in [3.05, 3.63) is 30.2 Å². The minimum atomic E-state index is -0.136. The third-order valence-corrected chi connectivity index (χ3v) is 8.22. The van der Waals surface area contributed by atoms with Gasteiger partial charge in [0.1, 0.15) is 6.10 Å². The van der Waals surface area contributed by atoms with Crippen LogP contribution in [0.5, 0.6) is 0 Å². The van der Waals surface area contributed by atoms with Gasteiger partial charge in [0.25, 0.3) is 0 Å². The average molecular weight is 357 g/mol. The van der Waals surface area contributed by atoms with E-state index in [-0.39, 0.29) is 22.9 Å². The first kappa shape index (κ1) is 17.9. The molecule has 3 nitrogen and oxygen atoms in total. The van der Waals surface area contributed by atoms with Crippen LogP contribution in [-0.2, 0) is 9.53 Å². The fourth-order valence-electron chi connectivity index (χ4n) is 7.09. The molecule has 142 valence electrons. The zero-order valence-corrected chi connectivity index (χ0v) is 16.8. The third kappa shape index (κ3) is 2.35. The van der Waals surface area contributed by atoms with Gasteiger partial charge in [0.2, 0.25) is 0 Å². The summed E-state index contributed by atoms with van der Waals surface area (Å²) >= 11 is 0. The molecule has 2 saturated carbocycles. The Bertz CT molecular complexity index is 729. The van der Waals surface area contributed by atoms with Crippen molar-refractivity contribution in [2.24, 2.45) is 28.1 Å². The average Bonchev–Trinajstić information content (AvgIpc) is 3.17. The Hall–Kier alpha value is -1.51. The van der Waals surface area contributed by atoms with E-state index in [9.17, 15) is 4.79 Å². The fraction of sp³-hybridized carbons (Fsp3) is 0.696. The topological polar surface area (TPSA) is 39.4 Å². The molecule has 3 heteroatoms. The lowest BCUT2D eigenvalue weighted by Crippen LogP contribution is -2.60. The Balaban J connectivity index is 1.76. The number of esters is 1. The summed E-state index contributed by atoms with van der Waals surface area (Å²) in [7, 11) is 0. The molecule has 3 aliphatic rings. The van der Waals surface area contributed by atoms with Crippen LogP contribution in [0.2, 0.25) is 0 Å². The summed E-state index contributed by atoms with van der Waals surface area (Å²) in [5, 5.41) is 0. The third-order valence-electron chi connectivity index (χ3n) is 8.22. The van der Waals surface area contributed by atoms with Crippen molar-refractivity contribution in [3.63, 3.8) is 0 Å². The van der Waals surface area contributed by atoms with Gasteiger partial charge in [0.05, 0.1) is 12.5 Å². The van der Waals surface area contributed by atoms with E-state index >= 15 is 0 Å². The second-order valence-electron chi connectivity index (χ2n) is 9.92. The number of fused-ring (bicyclic) bond motifs is 3. The Kier molecular flexibility index (Phi) is 3.95. The van der Waals surface area contributed by atoms with Crippen LogP contribution < -0.4 is 0 Å². The van der Waals surface area contributed by atoms with E-state index < -0.39 is 0 Å². The first-order chi connectivity index (χ1) is 12.2. The molecular formula is C23H32O3. The van der Waals surface area contributed by atoms with E-state index in [4.69, 9.17) is 9.15 Å². The van der Waals surface area contributed by atoms with Gasteiger partial charge in [-0.25, -0.2) is 0 Å². The van der Waals surface area contributed by atoms with E-state index in [0.717, 1.165) is 19.3 Å². The Morgan fingerprint density at radius 1 is 1.15 bits per heavy atom. The molecule has 5 atom stereocenters. The van der Waals surface area contributed by atoms with Gasteiger partial charge >= 0.3 is 5.97 Å². The van der Waals surface area contributed by atoms with E-state index in [1.807, 2.05) is 6.26 Å². The van der Waals surface area contributed by atoms with E-state index in [1.165, 1.54) is 24.0 Å². The summed E-state index contributed by atoms with van der Waals surface area (Å²) in [6, 6.07) is 2.09. The molecule has 0 bridgehead atoms. The first-order valence-electron chi connectivity index (χ1n) is 10.1. The number of furan rings is 1. The molecule has 0 radical (unpaired) electrons. The molecule has 2 fully saturated rings. The Morgan fingerprint density at radius 3 is 2.58 bits per heavy atom. The number of carbonyl (C=O) groups excluding carboxylic acids is 1. The van der Waals surface area contributed by atoms with Crippen LogP contribution in [0.15, 0.2) is 29.1 Å². The van der Waals surface area contributed by atoms with Crippen LogP contribution in [0.4, 0.5) is 0 Å². The molecule has 0 saturated heterocycles. The Morgan fingerprint density at radius 2 is 1.92 bits per heavy atom. The van der Waals surface area contributed by atoms with Gasteiger partial charge < -0.3 is 9.15 Å². The summed E-state index contributed by atoms with van der Waals surface area (Å²) < 4.78 is 11.3. The van der Waals surface area contributed by atoms with Crippen molar-refractivity contribution in [2.45, 2.75) is 72.8 Å². The summed E-state index contributed by atoms with van der Waals surface area (Å²) in [5.74, 6) is 0.953. The fourth-order valence-corrected chi connectivity index (χ4v) is 7.09. The van der Waals surface area contributed by atoms with Gasteiger partial charge in [-0.05, 0) is 66.4 Å². The number of rotatable bonds is 2. The van der Waals surface area contributed by atoms with E-state index in [1.54, 1.807) is 13.2 Å². The number of allylic oxidation sites excluding steroid dienone is 2. The summed E-state index contributed by atoms with van der Waals surface area (Å²) in [5.41, 5.74) is 3.09. The van der Waals surface area contributed by atoms with Crippen molar-refractivity contribution in [2.75, 3.05) is 0 Å². The maximum Gasteiger partial charge on any atom is 0.302 e. The number of carbonyl (C=O) groups is 1. The largest absolute Gasteiger partial charge is 0.472 e. The standard InChI is InChI=1S/C23H32O3/c1-15(24)26-20-9-11-21(2,3)18-8-12-22(4)17(16-10-13-25-14-16)6-7-19(22)23(18,20)5/h6,10,13-14,18-20H,7-9,11-12H2,1-5H3/t18?,19-,20+,22+,23-/m1/s1. The second kappa shape index (κ2) is 5.74. The molecule has 1 heterocycles. The number of ether oxygens (including phenoxy) is 1. The molecule has 1 aromatic rings. The second-order valence-corrected chi connectivity index (χ2v) is 9.92. The minimum absolute atomic E-state index is 0.0163. The highest BCUT2D eigenvalue weighted by Gasteiger charge is 2.64. The zero-order chi connectivity index (χ0) is 18.7. The molecule has 0 spiro atoms. The first-order valence-corrected chi connectivity index (χ1v) is 10.1. The maximum atomic E-state index is 11.9. The lowest BCUT2D eigenvalue weighted by Gasteiger charge is -2.63. The van der Waals surface area contributed by atoms with Crippen LogP contribution >= 0.6 is 0 Å². The molecule has 1 unspecified atom stereocenters. The van der Waals surface area contributed by atoms with Crippen molar-refractivity contribution < 1.29 is 13.9 Å². The van der Waals surface area contributed by atoms with E-state index in [0.29, 0.717) is 17.3 Å². The molecule has 3 aliphatic carbocycles. The lowest BCUT2D eigenvalue weighted by atomic mass is 9.42. The molecule has 0 amide bonds. The van der Waals surface area contributed by atoms with Crippen molar-refractivity contribution >= 4 is 11.5 Å². The smallest absolute Gasteiger partial charge is 0.302 e. The molecule has 26 heavy (non-hydrogen) atoms. The van der Waals surface area contributed by atoms with Crippen LogP contribution in [0, 0.1) is 28.1 Å². The monoisotopic (exact) mass is 356 g/mol. The van der Waals surface area contributed by atoms with Gasteiger partial charge in [0.15, 0.2) is 0 Å². The van der Waals surface area contributed by atoms with Crippen molar-refractivity contribution in [1.82, 2.24) is 0 Å². The molecule has 4 rings (SSSR count). The van der Waals surface area contributed by atoms with Gasteiger partial charge in [-0.15, -0.1) is 0 Å². The van der Waals surface area contributed by atoms with Crippen molar-refractivity contribution in [3.8, 4) is 0 Å². The lowest BCUT2D eigenvalue weighted by molar-refractivity contribution is -0.198.